The number of rotatable bonds is 8. The molecule has 1 saturated heterocycles. The molecule has 1 heterocycles. The van der Waals surface area contributed by atoms with Crippen molar-refractivity contribution in [3.05, 3.63) is 29.8 Å². The molecule has 1 aromatic carbocycles. The summed E-state index contributed by atoms with van der Waals surface area (Å²) >= 11 is 0. The predicted molar refractivity (Wildman–Crippen MR) is 91.2 cm³/mol. The molecule has 24 heavy (non-hydrogen) atoms. The number of nitrogens with two attached hydrogens (primary N) is 2. The highest BCUT2D eigenvalue weighted by Crippen LogP contribution is 2.27. The predicted octanol–water partition coefficient (Wildman–Crippen LogP) is -0.162. The Morgan fingerprint density at radius 1 is 1.33 bits per heavy atom. The van der Waals surface area contributed by atoms with Gasteiger partial charge >= 0.3 is 0 Å². The van der Waals surface area contributed by atoms with Crippen LogP contribution in [-0.2, 0) is 16.1 Å². The minimum atomic E-state index is -0.515. The fourth-order valence-corrected chi connectivity index (χ4v) is 2.75. The largest absolute Gasteiger partial charge is 0.484 e. The number of hydrogen-bond donors (Lipinski definition) is 3. The van der Waals surface area contributed by atoms with Crippen molar-refractivity contribution in [2.75, 3.05) is 32.8 Å². The highest BCUT2D eigenvalue weighted by molar-refractivity contribution is 5.78. The van der Waals surface area contributed by atoms with Gasteiger partial charge in [-0.05, 0) is 42.6 Å². The van der Waals surface area contributed by atoms with E-state index in [1.807, 2.05) is 12.1 Å². The van der Waals surface area contributed by atoms with Crippen LogP contribution < -0.4 is 21.5 Å². The van der Waals surface area contributed by atoms with Crippen LogP contribution in [0.3, 0.4) is 0 Å². The molecular formula is C17H26N4O3. The van der Waals surface area contributed by atoms with Gasteiger partial charge in [-0.2, -0.15) is 0 Å². The number of primary amides is 1. The fourth-order valence-electron chi connectivity index (χ4n) is 2.75. The molecule has 0 saturated carbocycles. The Morgan fingerprint density at radius 2 is 2.04 bits per heavy atom. The van der Waals surface area contributed by atoms with E-state index in [0.717, 1.165) is 25.1 Å². The van der Waals surface area contributed by atoms with Gasteiger partial charge in [0.15, 0.2) is 6.61 Å². The molecule has 1 aliphatic heterocycles. The van der Waals surface area contributed by atoms with Crippen molar-refractivity contribution in [3.8, 4) is 5.75 Å². The van der Waals surface area contributed by atoms with Crippen LogP contribution in [0, 0.1) is 5.41 Å². The van der Waals surface area contributed by atoms with Crippen molar-refractivity contribution in [2.24, 2.45) is 16.9 Å². The number of amides is 2. The molecule has 1 unspecified atom stereocenters. The van der Waals surface area contributed by atoms with Crippen molar-refractivity contribution in [3.63, 3.8) is 0 Å². The summed E-state index contributed by atoms with van der Waals surface area (Å²) in [6.45, 7) is 5.29. The second kappa shape index (κ2) is 8.12. The molecule has 2 amide bonds. The highest BCUT2D eigenvalue weighted by Gasteiger charge is 2.32. The first kappa shape index (κ1) is 18.2. The van der Waals surface area contributed by atoms with Gasteiger partial charge < -0.3 is 21.5 Å². The standard InChI is InChI=1S/C17H26N4O3/c1-17(11-18)6-7-21(12-17)9-16(23)20-8-13-2-4-14(5-3-13)24-10-15(19)22/h2-5H,6-12,18H2,1H3,(H2,19,22)(H,20,23). The summed E-state index contributed by atoms with van der Waals surface area (Å²) in [6, 6.07) is 7.19. The Hall–Kier alpha value is -2.12. The van der Waals surface area contributed by atoms with Gasteiger partial charge in [0.25, 0.3) is 5.91 Å². The molecule has 0 spiro atoms. The van der Waals surface area contributed by atoms with Crippen LogP contribution in [0.25, 0.3) is 0 Å². The molecule has 0 aliphatic carbocycles. The van der Waals surface area contributed by atoms with Gasteiger partial charge in [0.05, 0.1) is 6.54 Å². The maximum Gasteiger partial charge on any atom is 0.255 e. The SMILES string of the molecule is CC1(CN)CCN(CC(=O)NCc2ccc(OCC(N)=O)cc2)C1. The van der Waals surface area contributed by atoms with E-state index < -0.39 is 5.91 Å². The van der Waals surface area contributed by atoms with Crippen LogP contribution in [0.2, 0.25) is 0 Å². The van der Waals surface area contributed by atoms with E-state index >= 15 is 0 Å². The number of nitrogens with one attached hydrogen (secondary N) is 1. The third kappa shape index (κ3) is 5.50. The number of hydrogen-bond acceptors (Lipinski definition) is 5. The summed E-state index contributed by atoms with van der Waals surface area (Å²) in [4.78, 5) is 24.9. The zero-order valence-corrected chi connectivity index (χ0v) is 14.1. The molecule has 7 nitrogen and oxygen atoms in total. The van der Waals surface area contributed by atoms with Gasteiger partial charge in [-0.1, -0.05) is 19.1 Å². The molecule has 1 aromatic rings. The summed E-state index contributed by atoms with van der Waals surface area (Å²) in [6.07, 6.45) is 1.03. The van der Waals surface area contributed by atoms with Crippen LogP contribution in [-0.4, -0.2) is 49.5 Å². The van der Waals surface area contributed by atoms with Crippen LogP contribution in [0.15, 0.2) is 24.3 Å². The third-order valence-electron chi connectivity index (χ3n) is 4.29. The molecule has 0 radical (unpaired) electrons. The number of carbonyl (C=O) groups is 2. The lowest BCUT2D eigenvalue weighted by molar-refractivity contribution is -0.122. The second-order valence-electron chi connectivity index (χ2n) is 6.65. The van der Waals surface area contributed by atoms with Gasteiger partial charge in [0.2, 0.25) is 5.91 Å². The van der Waals surface area contributed by atoms with E-state index in [1.54, 1.807) is 12.1 Å². The van der Waals surface area contributed by atoms with Gasteiger partial charge in [0.1, 0.15) is 5.75 Å². The Bertz CT molecular complexity index is 576. The molecule has 5 N–H and O–H groups in total. The zero-order chi connectivity index (χ0) is 17.6. The first-order valence-electron chi connectivity index (χ1n) is 8.09. The van der Waals surface area contributed by atoms with E-state index in [9.17, 15) is 9.59 Å². The Balaban J connectivity index is 1.73. The molecular weight excluding hydrogens is 308 g/mol. The quantitative estimate of drug-likeness (QED) is 0.612. The van der Waals surface area contributed by atoms with E-state index in [0.29, 0.717) is 25.4 Å². The van der Waals surface area contributed by atoms with Crippen molar-refractivity contribution in [1.29, 1.82) is 0 Å². The van der Waals surface area contributed by atoms with Crippen molar-refractivity contribution < 1.29 is 14.3 Å². The van der Waals surface area contributed by atoms with Gasteiger partial charge in [-0.3, -0.25) is 14.5 Å². The molecule has 0 aromatic heterocycles. The minimum absolute atomic E-state index is 0.00493. The van der Waals surface area contributed by atoms with Gasteiger partial charge in [0, 0.05) is 13.1 Å². The van der Waals surface area contributed by atoms with Crippen LogP contribution >= 0.6 is 0 Å². The normalized spacial score (nSPS) is 20.8. The zero-order valence-electron chi connectivity index (χ0n) is 14.1. The van der Waals surface area contributed by atoms with E-state index in [-0.39, 0.29) is 17.9 Å². The van der Waals surface area contributed by atoms with Gasteiger partial charge in [-0.15, -0.1) is 0 Å². The average Bonchev–Trinajstić information content (AvgIpc) is 2.93. The number of nitrogens with zero attached hydrogens (tertiary/aromatic N) is 1. The molecule has 1 fully saturated rings. The summed E-state index contributed by atoms with van der Waals surface area (Å²) < 4.78 is 5.19. The summed E-state index contributed by atoms with van der Waals surface area (Å²) in [5, 5.41) is 2.91. The average molecular weight is 334 g/mol. The lowest BCUT2D eigenvalue weighted by Crippen LogP contribution is -2.38. The molecule has 1 aliphatic rings. The van der Waals surface area contributed by atoms with Crippen LogP contribution in [0.1, 0.15) is 18.9 Å². The fraction of sp³-hybridized carbons (Fsp3) is 0.529. The maximum absolute atomic E-state index is 12.1. The molecule has 2 rings (SSSR count). The monoisotopic (exact) mass is 334 g/mol. The van der Waals surface area contributed by atoms with Crippen molar-refractivity contribution in [2.45, 2.75) is 19.9 Å². The topological polar surface area (TPSA) is 111 Å². The van der Waals surface area contributed by atoms with Crippen LogP contribution in [0.5, 0.6) is 5.75 Å². The Labute approximate surface area is 142 Å². The molecule has 132 valence electrons. The van der Waals surface area contributed by atoms with E-state index in [1.165, 1.54) is 0 Å². The van der Waals surface area contributed by atoms with E-state index in [2.05, 4.69) is 17.1 Å². The number of ether oxygens (including phenoxy) is 1. The number of benzene rings is 1. The second-order valence-corrected chi connectivity index (χ2v) is 6.65. The minimum Gasteiger partial charge on any atom is -0.484 e. The summed E-state index contributed by atoms with van der Waals surface area (Å²) in [5.41, 5.74) is 11.9. The third-order valence-corrected chi connectivity index (χ3v) is 4.29. The highest BCUT2D eigenvalue weighted by atomic mass is 16.5. The molecule has 0 bridgehead atoms. The van der Waals surface area contributed by atoms with Crippen molar-refractivity contribution >= 4 is 11.8 Å². The summed E-state index contributed by atoms with van der Waals surface area (Å²) in [5.74, 6) is 0.0614. The maximum atomic E-state index is 12.1. The Kier molecular flexibility index (Phi) is 6.16. The molecule has 1 atom stereocenters. The van der Waals surface area contributed by atoms with Crippen LogP contribution in [0.4, 0.5) is 0 Å². The lowest BCUT2D eigenvalue weighted by Gasteiger charge is -2.22. The first-order valence-corrected chi connectivity index (χ1v) is 8.09. The number of carbonyl (C=O) groups excluding carboxylic acids is 2. The van der Waals surface area contributed by atoms with Crippen molar-refractivity contribution in [1.82, 2.24) is 10.2 Å². The smallest absolute Gasteiger partial charge is 0.255 e. The van der Waals surface area contributed by atoms with Gasteiger partial charge in [-0.25, -0.2) is 0 Å². The summed E-state index contributed by atoms with van der Waals surface area (Å²) in [7, 11) is 0. The Morgan fingerprint density at radius 3 is 2.62 bits per heavy atom. The lowest BCUT2D eigenvalue weighted by atomic mass is 9.90. The molecule has 7 heteroatoms. The van der Waals surface area contributed by atoms with E-state index in [4.69, 9.17) is 16.2 Å². The first-order chi connectivity index (χ1) is 11.4. The number of likely N-dealkylation sites (tertiary alicyclic amines) is 1.